The van der Waals surface area contributed by atoms with Crippen LogP contribution in [0.25, 0.3) is 0 Å². The number of benzene rings is 1. The molecule has 0 unspecified atom stereocenters. The molecule has 0 radical (unpaired) electrons. The summed E-state index contributed by atoms with van der Waals surface area (Å²) in [6.07, 6.45) is 5.92. The van der Waals surface area contributed by atoms with Crippen LogP contribution in [-0.2, 0) is 0 Å². The molecule has 0 amide bonds. The maximum atomic E-state index is 13.5. The maximum absolute atomic E-state index is 13.5. The van der Waals surface area contributed by atoms with Gasteiger partial charge in [0.15, 0.2) is 11.6 Å². The Hall–Kier alpha value is -0.570. The van der Waals surface area contributed by atoms with Gasteiger partial charge >= 0.3 is 0 Å². The van der Waals surface area contributed by atoms with Gasteiger partial charge < -0.3 is 4.74 Å². The molecule has 1 aromatic carbocycles. The molecule has 0 spiro atoms. The van der Waals surface area contributed by atoms with E-state index in [0.717, 1.165) is 17.3 Å². The third-order valence-electron chi connectivity index (χ3n) is 2.69. The molecule has 1 rings (SSSR count). The number of hydrogen-bond donors (Lipinski definition) is 0. The van der Waals surface area contributed by atoms with Crippen LogP contribution in [0, 0.1) is 5.82 Å². The smallest absolute Gasteiger partial charge is 0.166 e. The minimum absolute atomic E-state index is 0.0718. The summed E-state index contributed by atoms with van der Waals surface area (Å²) in [6, 6.07) is 4.89. The Kier molecular flexibility index (Phi) is 6.56. The lowest BCUT2D eigenvalue weighted by molar-refractivity contribution is 0.197. The minimum Gasteiger partial charge on any atom is -0.488 e. The van der Waals surface area contributed by atoms with Gasteiger partial charge in [0.25, 0.3) is 0 Å². The van der Waals surface area contributed by atoms with Crippen molar-refractivity contribution in [1.82, 2.24) is 0 Å². The molecule has 0 saturated heterocycles. The molecule has 96 valence electrons. The maximum Gasteiger partial charge on any atom is 0.166 e. The summed E-state index contributed by atoms with van der Waals surface area (Å²) >= 11 is 3.23. The lowest BCUT2D eigenvalue weighted by Gasteiger charge is -2.15. The summed E-state index contributed by atoms with van der Waals surface area (Å²) in [7, 11) is 0. The van der Waals surface area contributed by atoms with Crippen LogP contribution in [0.5, 0.6) is 5.75 Å². The van der Waals surface area contributed by atoms with E-state index in [9.17, 15) is 4.39 Å². The fourth-order valence-electron chi connectivity index (χ4n) is 1.71. The van der Waals surface area contributed by atoms with Crippen LogP contribution in [-0.4, -0.2) is 6.10 Å². The van der Waals surface area contributed by atoms with E-state index in [2.05, 4.69) is 22.9 Å². The van der Waals surface area contributed by atoms with Gasteiger partial charge in [-0.25, -0.2) is 4.39 Å². The molecule has 0 aliphatic rings. The van der Waals surface area contributed by atoms with Gasteiger partial charge in [0.1, 0.15) is 0 Å². The van der Waals surface area contributed by atoms with Crippen LogP contribution in [0.1, 0.15) is 46.0 Å². The predicted octanol–water partition coefficient (Wildman–Crippen LogP) is 5.33. The van der Waals surface area contributed by atoms with Crippen molar-refractivity contribution in [3.63, 3.8) is 0 Å². The van der Waals surface area contributed by atoms with Gasteiger partial charge in [-0.1, -0.05) is 42.1 Å². The van der Waals surface area contributed by atoms with Crippen molar-refractivity contribution in [3.05, 3.63) is 28.5 Å². The Balaban J connectivity index is 2.37. The molecule has 0 bridgehead atoms. The number of hydrogen-bond acceptors (Lipinski definition) is 1. The second-order valence-corrected chi connectivity index (χ2v) is 5.27. The first-order valence-electron chi connectivity index (χ1n) is 6.25. The Bertz CT molecular complexity index is 341. The van der Waals surface area contributed by atoms with Gasteiger partial charge in [-0.3, -0.25) is 0 Å². The molecule has 0 N–H and O–H groups in total. The second-order valence-electron chi connectivity index (χ2n) is 4.35. The minimum atomic E-state index is -0.306. The molecule has 0 heterocycles. The topological polar surface area (TPSA) is 9.23 Å². The van der Waals surface area contributed by atoms with Crippen LogP contribution in [0.3, 0.4) is 0 Å². The van der Waals surface area contributed by atoms with Crippen LogP contribution in [0.4, 0.5) is 4.39 Å². The fraction of sp³-hybridized carbons (Fsp3) is 0.571. The molecule has 0 aromatic heterocycles. The third-order valence-corrected chi connectivity index (χ3v) is 3.18. The van der Waals surface area contributed by atoms with E-state index in [0.29, 0.717) is 5.75 Å². The zero-order valence-electron chi connectivity index (χ0n) is 10.5. The van der Waals surface area contributed by atoms with Crippen LogP contribution in [0.15, 0.2) is 22.7 Å². The van der Waals surface area contributed by atoms with E-state index < -0.39 is 0 Å². The number of halogens is 2. The van der Waals surface area contributed by atoms with Crippen molar-refractivity contribution >= 4 is 15.9 Å². The highest BCUT2D eigenvalue weighted by molar-refractivity contribution is 9.10. The quantitative estimate of drug-likeness (QED) is 0.619. The molecule has 1 atom stereocenters. The monoisotopic (exact) mass is 302 g/mol. The van der Waals surface area contributed by atoms with E-state index in [1.807, 2.05) is 6.92 Å². The average Bonchev–Trinajstić information content (AvgIpc) is 2.28. The zero-order chi connectivity index (χ0) is 12.7. The molecule has 17 heavy (non-hydrogen) atoms. The standard InChI is InChI=1S/C14H20BrFO/c1-3-4-5-6-7-11(2)17-14-9-8-12(15)10-13(14)16/h8-11H,3-7H2,1-2H3/t11-/m1/s1. The van der Waals surface area contributed by atoms with E-state index in [-0.39, 0.29) is 11.9 Å². The highest BCUT2D eigenvalue weighted by atomic mass is 79.9. The van der Waals surface area contributed by atoms with E-state index >= 15 is 0 Å². The highest BCUT2D eigenvalue weighted by Gasteiger charge is 2.08. The normalized spacial score (nSPS) is 12.5. The lowest BCUT2D eigenvalue weighted by atomic mass is 10.1. The van der Waals surface area contributed by atoms with Gasteiger partial charge in [0.05, 0.1) is 6.10 Å². The summed E-state index contributed by atoms with van der Waals surface area (Å²) < 4.78 is 19.8. The van der Waals surface area contributed by atoms with E-state index in [4.69, 9.17) is 4.74 Å². The number of rotatable bonds is 7. The Morgan fingerprint density at radius 1 is 1.29 bits per heavy atom. The van der Waals surface area contributed by atoms with E-state index in [1.54, 1.807) is 12.1 Å². The van der Waals surface area contributed by atoms with Gasteiger partial charge in [0, 0.05) is 4.47 Å². The molecule has 0 fully saturated rings. The highest BCUT2D eigenvalue weighted by Crippen LogP contribution is 2.23. The summed E-state index contributed by atoms with van der Waals surface area (Å²) in [4.78, 5) is 0. The van der Waals surface area contributed by atoms with Crippen molar-refractivity contribution < 1.29 is 9.13 Å². The summed E-state index contributed by atoms with van der Waals surface area (Å²) in [6.45, 7) is 4.19. The first-order valence-corrected chi connectivity index (χ1v) is 7.04. The van der Waals surface area contributed by atoms with Gasteiger partial charge in [-0.2, -0.15) is 0 Å². The van der Waals surface area contributed by atoms with Crippen molar-refractivity contribution in [2.75, 3.05) is 0 Å². The average molecular weight is 303 g/mol. The van der Waals surface area contributed by atoms with Crippen LogP contribution < -0.4 is 4.74 Å². The van der Waals surface area contributed by atoms with Crippen molar-refractivity contribution in [3.8, 4) is 5.75 Å². The number of unbranched alkanes of at least 4 members (excludes halogenated alkanes) is 3. The third kappa shape index (κ3) is 5.53. The first kappa shape index (κ1) is 14.5. The molecular formula is C14H20BrFO. The number of ether oxygens (including phenoxy) is 1. The van der Waals surface area contributed by atoms with Gasteiger partial charge in [-0.15, -0.1) is 0 Å². The zero-order valence-corrected chi connectivity index (χ0v) is 12.1. The SMILES string of the molecule is CCCCCC[C@@H](C)Oc1ccc(Br)cc1F. The van der Waals surface area contributed by atoms with Crippen molar-refractivity contribution in [1.29, 1.82) is 0 Å². The largest absolute Gasteiger partial charge is 0.488 e. The van der Waals surface area contributed by atoms with Crippen LogP contribution >= 0.6 is 15.9 Å². The molecule has 0 saturated carbocycles. The fourth-order valence-corrected chi connectivity index (χ4v) is 2.04. The summed E-state index contributed by atoms with van der Waals surface area (Å²) in [5.74, 6) is 0.0379. The molecule has 0 aliphatic heterocycles. The van der Waals surface area contributed by atoms with Gasteiger partial charge in [-0.05, 0) is 38.0 Å². The van der Waals surface area contributed by atoms with E-state index in [1.165, 1.54) is 25.3 Å². The molecular weight excluding hydrogens is 283 g/mol. The molecule has 0 aliphatic carbocycles. The Morgan fingerprint density at radius 3 is 2.71 bits per heavy atom. The second kappa shape index (κ2) is 7.70. The summed E-state index contributed by atoms with van der Waals surface area (Å²) in [5, 5.41) is 0. The van der Waals surface area contributed by atoms with Crippen molar-refractivity contribution in [2.45, 2.75) is 52.1 Å². The summed E-state index contributed by atoms with van der Waals surface area (Å²) in [5.41, 5.74) is 0. The lowest BCUT2D eigenvalue weighted by Crippen LogP contribution is -2.12. The molecule has 1 nitrogen and oxygen atoms in total. The molecule has 1 aromatic rings. The van der Waals surface area contributed by atoms with Crippen LogP contribution in [0.2, 0.25) is 0 Å². The Labute approximate surface area is 111 Å². The predicted molar refractivity (Wildman–Crippen MR) is 72.9 cm³/mol. The Morgan fingerprint density at radius 2 is 2.06 bits per heavy atom. The van der Waals surface area contributed by atoms with Gasteiger partial charge in [0.2, 0.25) is 0 Å². The molecule has 3 heteroatoms. The first-order chi connectivity index (χ1) is 8.13. The van der Waals surface area contributed by atoms with Crippen molar-refractivity contribution in [2.24, 2.45) is 0 Å².